The molecule has 1 aromatic heterocycles. The lowest BCUT2D eigenvalue weighted by molar-refractivity contribution is -0.00607. The molecule has 2 aromatic rings. The molecule has 4 aliphatic carbocycles. The van der Waals surface area contributed by atoms with Crippen LogP contribution in [0.1, 0.15) is 44.2 Å². The molecule has 0 atom stereocenters. The third kappa shape index (κ3) is 1.44. The van der Waals surface area contributed by atoms with Gasteiger partial charge in [0.25, 0.3) is 0 Å². The van der Waals surface area contributed by atoms with Crippen molar-refractivity contribution < 1.29 is 0 Å². The quantitative estimate of drug-likeness (QED) is 0.727. The molecule has 0 aliphatic heterocycles. The summed E-state index contributed by atoms with van der Waals surface area (Å²) in [5, 5.41) is 1.45. The fourth-order valence-corrected chi connectivity index (χ4v) is 6.55. The number of fused-ring (bicyclic) bond motifs is 1. The van der Waals surface area contributed by atoms with Crippen LogP contribution in [0.4, 0.5) is 0 Å². The predicted molar refractivity (Wildman–Crippen MR) is 79.5 cm³/mol. The van der Waals surface area contributed by atoms with Crippen LogP contribution in [0, 0.1) is 17.8 Å². The van der Waals surface area contributed by atoms with Crippen LogP contribution in [-0.4, -0.2) is 4.37 Å². The lowest BCUT2D eigenvalue weighted by atomic mass is 9.48. The monoisotopic (exact) mass is 269 g/mol. The number of hydrogen-bond donors (Lipinski definition) is 0. The molecule has 6 rings (SSSR count). The number of aromatic nitrogens is 1. The van der Waals surface area contributed by atoms with E-state index >= 15 is 0 Å². The Morgan fingerprint density at radius 3 is 2.26 bits per heavy atom. The number of nitrogens with zero attached hydrogens (tertiary/aromatic N) is 1. The lowest BCUT2D eigenvalue weighted by Gasteiger charge is -2.56. The van der Waals surface area contributed by atoms with Gasteiger partial charge in [0.2, 0.25) is 0 Å². The molecule has 98 valence electrons. The molecule has 4 fully saturated rings. The van der Waals surface area contributed by atoms with E-state index in [1.54, 1.807) is 11.5 Å². The summed E-state index contributed by atoms with van der Waals surface area (Å²) in [6, 6.07) is 8.86. The summed E-state index contributed by atoms with van der Waals surface area (Å²) in [5.41, 5.74) is 1.92. The second-order valence-corrected chi connectivity index (χ2v) is 8.03. The largest absolute Gasteiger partial charge is 0.196 e. The lowest BCUT2D eigenvalue weighted by Crippen LogP contribution is -2.48. The van der Waals surface area contributed by atoms with Gasteiger partial charge in [0, 0.05) is 10.8 Å². The first kappa shape index (κ1) is 10.8. The molecule has 0 radical (unpaired) electrons. The van der Waals surface area contributed by atoms with E-state index in [0.29, 0.717) is 5.41 Å². The Bertz CT molecular complexity index is 606. The van der Waals surface area contributed by atoms with Crippen molar-refractivity contribution in [2.75, 3.05) is 0 Å². The van der Waals surface area contributed by atoms with E-state index in [4.69, 9.17) is 4.37 Å². The van der Waals surface area contributed by atoms with Crippen molar-refractivity contribution in [3.8, 4) is 0 Å². The van der Waals surface area contributed by atoms with Crippen LogP contribution in [0.5, 0.6) is 0 Å². The first-order valence-corrected chi connectivity index (χ1v) is 8.45. The Labute approximate surface area is 118 Å². The van der Waals surface area contributed by atoms with Crippen LogP contribution in [0.3, 0.4) is 0 Å². The maximum Gasteiger partial charge on any atom is 0.0682 e. The fraction of sp³-hybridized carbons (Fsp3) is 0.588. The maximum atomic E-state index is 4.93. The minimum absolute atomic E-state index is 0.453. The Morgan fingerprint density at radius 2 is 1.58 bits per heavy atom. The molecule has 19 heavy (non-hydrogen) atoms. The van der Waals surface area contributed by atoms with Gasteiger partial charge in [0.05, 0.1) is 10.4 Å². The first-order valence-electron chi connectivity index (χ1n) is 7.67. The van der Waals surface area contributed by atoms with Gasteiger partial charge in [-0.1, -0.05) is 18.2 Å². The summed E-state index contributed by atoms with van der Waals surface area (Å²) in [4.78, 5) is 0. The van der Waals surface area contributed by atoms with Gasteiger partial charge >= 0.3 is 0 Å². The molecule has 1 nitrogen and oxygen atoms in total. The Morgan fingerprint density at radius 1 is 0.947 bits per heavy atom. The van der Waals surface area contributed by atoms with Crippen LogP contribution in [0.15, 0.2) is 24.3 Å². The maximum absolute atomic E-state index is 4.93. The highest BCUT2D eigenvalue weighted by Gasteiger charge is 2.53. The average molecular weight is 269 g/mol. The van der Waals surface area contributed by atoms with Gasteiger partial charge in [0.1, 0.15) is 0 Å². The van der Waals surface area contributed by atoms with E-state index in [2.05, 4.69) is 24.3 Å². The minimum Gasteiger partial charge on any atom is -0.196 e. The van der Waals surface area contributed by atoms with Gasteiger partial charge in [-0.15, -0.1) is 0 Å². The van der Waals surface area contributed by atoms with E-state index in [0.717, 1.165) is 17.8 Å². The molecule has 0 saturated heterocycles. The van der Waals surface area contributed by atoms with Crippen molar-refractivity contribution >= 4 is 21.6 Å². The summed E-state index contributed by atoms with van der Waals surface area (Å²) >= 11 is 1.71. The molecular weight excluding hydrogens is 250 g/mol. The van der Waals surface area contributed by atoms with Gasteiger partial charge in [0.15, 0.2) is 0 Å². The third-order valence-corrected chi connectivity index (χ3v) is 6.74. The molecule has 0 unspecified atom stereocenters. The van der Waals surface area contributed by atoms with Gasteiger partial charge < -0.3 is 0 Å². The second-order valence-electron chi connectivity index (χ2n) is 7.23. The minimum atomic E-state index is 0.453. The fourth-order valence-electron chi connectivity index (χ4n) is 5.67. The number of benzene rings is 1. The molecule has 0 spiro atoms. The number of rotatable bonds is 1. The Hall–Kier alpha value is -0.890. The van der Waals surface area contributed by atoms with E-state index in [-0.39, 0.29) is 0 Å². The van der Waals surface area contributed by atoms with Crippen molar-refractivity contribution in [1.29, 1.82) is 0 Å². The van der Waals surface area contributed by atoms with Crippen molar-refractivity contribution in [3.05, 3.63) is 30.0 Å². The van der Waals surface area contributed by atoms with E-state index in [1.165, 1.54) is 54.3 Å². The van der Waals surface area contributed by atoms with E-state index < -0.39 is 0 Å². The predicted octanol–water partition coefficient (Wildman–Crippen LogP) is 4.76. The van der Waals surface area contributed by atoms with Crippen molar-refractivity contribution in [2.45, 2.75) is 43.9 Å². The van der Waals surface area contributed by atoms with Gasteiger partial charge in [-0.25, -0.2) is 0 Å². The van der Waals surface area contributed by atoms with Crippen LogP contribution >= 0.6 is 11.5 Å². The second kappa shape index (κ2) is 3.60. The van der Waals surface area contributed by atoms with Crippen LogP contribution in [0.2, 0.25) is 0 Å². The first-order chi connectivity index (χ1) is 9.32. The zero-order valence-corrected chi connectivity index (χ0v) is 12.0. The molecule has 4 saturated carbocycles. The average Bonchev–Trinajstić information content (AvgIpc) is 2.81. The molecule has 1 heterocycles. The highest BCUT2D eigenvalue weighted by molar-refractivity contribution is 7.13. The van der Waals surface area contributed by atoms with Gasteiger partial charge in [-0.3, -0.25) is 0 Å². The van der Waals surface area contributed by atoms with E-state index in [9.17, 15) is 0 Å². The number of hydrogen-bond acceptors (Lipinski definition) is 2. The topological polar surface area (TPSA) is 12.9 Å². The smallest absolute Gasteiger partial charge is 0.0682 e. The van der Waals surface area contributed by atoms with Crippen molar-refractivity contribution in [1.82, 2.24) is 4.37 Å². The zero-order valence-electron chi connectivity index (χ0n) is 11.1. The third-order valence-electron chi connectivity index (χ3n) is 5.92. The molecule has 4 aliphatic rings. The summed E-state index contributed by atoms with van der Waals surface area (Å²) in [7, 11) is 0. The molecule has 2 heteroatoms. The van der Waals surface area contributed by atoms with Crippen LogP contribution in [0.25, 0.3) is 10.1 Å². The Kier molecular flexibility index (Phi) is 2.06. The normalized spacial score (nSPS) is 40.1. The molecule has 4 bridgehead atoms. The highest BCUT2D eigenvalue weighted by Crippen LogP contribution is 2.61. The van der Waals surface area contributed by atoms with Gasteiger partial charge in [-0.2, -0.15) is 4.37 Å². The molecular formula is C17H19NS. The summed E-state index contributed by atoms with van der Waals surface area (Å²) in [6.45, 7) is 0. The summed E-state index contributed by atoms with van der Waals surface area (Å²) in [6.07, 6.45) is 8.82. The Balaban J connectivity index is 1.69. The zero-order chi connectivity index (χ0) is 12.4. The van der Waals surface area contributed by atoms with Crippen LogP contribution < -0.4 is 0 Å². The van der Waals surface area contributed by atoms with Crippen LogP contribution in [-0.2, 0) is 5.41 Å². The SMILES string of the molecule is c1ccc2c(C34CC5CC(CC(C5)C3)C4)nsc2c1. The van der Waals surface area contributed by atoms with Crippen molar-refractivity contribution in [2.24, 2.45) is 17.8 Å². The summed E-state index contributed by atoms with van der Waals surface area (Å²) in [5.74, 6) is 3.02. The van der Waals surface area contributed by atoms with E-state index in [1.807, 2.05) is 0 Å². The molecule has 0 amide bonds. The summed E-state index contributed by atoms with van der Waals surface area (Å²) < 4.78 is 6.31. The molecule has 1 aromatic carbocycles. The van der Waals surface area contributed by atoms with Gasteiger partial charge in [-0.05, 0) is 73.9 Å². The van der Waals surface area contributed by atoms with Crippen molar-refractivity contribution in [3.63, 3.8) is 0 Å². The standard InChI is InChI=1S/C17H19NS/c1-2-4-15-14(3-1)16(18-19-15)17-8-11-5-12(9-17)7-13(6-11)10-17/h1-4,11-13H,5-10H2. The molecule has 0 N–H and O–H groups in total. The highest BCUT2D eigenvalue weighted by atomic mass is 32.1.